The number of amides is 1. The first kappa shape index (κ1) is 16.9. The van der Waals surface area contributed by atoms with Gasteiger partial charge in [-0.1, -0.05) is 0 Å². The van der Waals surface area contributed by atoms with Crippen LogP contribution in [0.3, 0.4) is 0 Å². The molecule has 0 unspecified atom stereocenters. The molecule has 2 heterocycles. The van der Waals surface area contributed by atoms with Crippen molar-refractivity contribution >= 4 is 23.9 Å². The minimum Gasteiger partial charge on any atom is -0.475 e. The summed E-state index contributed by atoms with van der Waals surface area (Å²) in [6.07, 6.45) is 7.30. The molecule has 1 N–H and O–H groups in total. The maximum absolute atomic E-state index is 12.0. The van der Waals surface area contributed by atoms with E-state index in [0.717, 1.165) is 10.9 Å². The van der Waals surface area contributed by atoms with Crippen LogP contribution in [-0.4, -0.2) is 33.9 Å². The van der Waals surface area contributed by atoms with Crippen LogP contribution in [0.15, 0.2) is 40.2 Å². The molecule has 0 aliphatic carbocycles. The molecule has 0 aromatic carbocycles. The van der Waals surface area contributed by atoms with Gasteiger partial charge >= 0.3 is 11.6 Å². The zero-order valence-electron chi connectivity index (χ0n) is 12.9. The maximum Gasteiger partial charge on any atom is 0.350 e. The predicted octanol–water partition coefficient (Wildman–Crippen LogP) is 1.77. The highest BCUT2D eigenvalue weighted by Crippen LogP contribution is 2.25. The third kappa shape index (κ3) is 4.06. The van der Waals surface area contributed by atoms with E-state index in [1.807, 2.05) is 0 Å². The highest BCUT2D eigenvalue weighted by atomic mass is 16.6. The summed E-state index contributed by atoms with van der Waals surface area (Å²) in [6.45, 7) is 1.53. The molecule has 0 fully saturated rings. The fourth-order valence-corrected chi connectivity index (χ4v) is 1.72. The van der Waals surface area contributed by atoms with Gasteiger partial charge in [-0.2, -0.15) is 5.10 Å². The summed E-state index contributed by atoms with van der Waals surface area (Å²) in [5.41, 5.74) is 2.00. The normalized spacial score (nSPS) is 12.6. The number of carbonyl (C=O) groups is 1. The number of nitrogens with zero attached hydrogens (tertiary/aromatic N) is 4. The molecule has 0 aliphatic heterocycles. The first-order valence-corrected chi connectivity index (χ1v) is 6.83. The third-order valence-corrected chi connectivity index (χ3v) is 2.99. The summed E-state index contributed by atoms with van der Waals surface area (Å²) in [4.78, 5) is 22.2. The Kier molecular flexibility index (Phi) is 5.45. The van der Waals surface area contributed by atoms with Crippen molar-refractivity contribution in [2.75, 3.05) is 7.11 Å². The van der Waals surface area contributed by atoms with Crippen LogP contribution in [-0.2, 0) is 4.79 Å². The molecule has 2 aromatic heterocycles. The van der Waals surface area contributed by atoms with Crippen LogP contribution in [0.1, 0.15) is 18.7 Å². The van der Waals surface area contributed by atoms with Crippen molar-refractivity contribution in [1.82, 2.24) is 15.2 Å². The molecule has 10 heteroatoms. The monoisotopic (exact) mass is 333 g/mol. The lowest BCUT2D eigenvalue weighted by Gasteiger charge is -2.08. The Morgan fingerprint density at radius 3 is 3.00 bits per heavy atom. The fraction of sp³-hybridized carbons (Fsp3) is 0.214. The molecule has 2 aromatic rings. The maximum atomic E-state index is 12.0. The quantitative estimate of drug-likeness (QED) is 0.467. The molecule has 0 aliphatic rings. The van der Waals surface area contributed by atoms with E-state index in [2.05, 4.69) is 15.6 Å². The van der Waals surface area contributed by atoms with Gasteiger partial charge in [0.15, 0.2) is 0 Å². The number of furan rings is 1. The standard InChI is InChI=1S/C14H15N5O5/c1-10(18-9-12(19(21)22)14(17-18)23-2)13(20)16-15-7-3-5-11-6-4-8-24-11/h3-10H,1-2H3,(H,16,20)/b5-3+,15-7?/t10-/m0/s1. The van der Waals surface area contributed by atoms with Crippen LogP contribution in [0.25, 0.3) is 6.08 Å². The zero-order valence-corrected chi connectivity index (χ0v) is 12.9. The Bertz CT molecular complexity index is 763. The number of hydrogen-bond donors (Lipinski definition) is 1. The van der Waals surface area contributed by atoms with E-state index in [1.54, 1.807) is 24.3 Å². The Balaban J connectivity index is 1.95. The van der Waals surface area contributed by atoms with Crippen LogP contribution >= 0.6 is 0 Å². The van der Waals surface area contributed by atoms with E-state index in [4.69, 9.17) is 9.15 Å². The first-order chi connectivity index (χ1) is 11.5. The number of hydrazone groups is 1. The number of ether oxygens (including phenoxy) is 1. The summed E-state index contributed by atoms with van der Waals surface area (Å²) in [7, 11) is 1.26. The molecule has 0 radical (unpaired) electrons. The van der Waals surface area contributed by atoms with Crippen molar-refractivity contribution in [3.05, 3.63) is 46.5 Å². The van der Waals surface area contributed by atoms with Gasteiger partial charge in [0, 0.05) is 6.21 Å². The molecular weight excluding hydrogens is 318 g/mol. The summed E-state index contributed by atoms with van der Waals surface area (Å²) in [5.74, 6) is -0.000627. The van der Waals surface area contributed by atoms with Crippen LogP contribution in [0.2, 0.25) is 0 Å². The minimum absolute atomic E-state index is 0.162. The van der Waals surface area contributed by atoms with E-state index in [1.165, 1.54) is 26.5 Å². The number of nitro groups is 1. The number of allylic oxidation sites excluding steroid dienone is 1. The van der Waals surface area contributed by atoms with Gasteiger partial charge in [-0.05, 0) is 31.2 Å². The third-order valence-electron chi connectivity index (χ3n) is 2.99. The molecule has 1 atom stereocenters. The van der Waals surface area contributed by atoms with Crippen molar-refractivity contribution in [3.8, 4) is 5.88 Å². The van der Waals surface area contributed by atoms with Crippen LogP contribution in [0.4, 0.5) is 5.69 Å². The van der Waals surface area contributed by atoms with Gasteiger partial charge < -0.3 is 9.15 Å². The highest BCUT2D eigenvalue weighted by molar-refractivity contribution is 5.82. The van der Waals surface area contributed by atoms with Gasteiger partial charge in [-0.3, -0.25) is 14.9 Å². The second kappa shape index (κ2) is 7.72. The lowest BCUT2D eigenvalue weighted by molar-refractivity contribution is -0.385. The summed E-state index contributed by atoms with van der Waals surface area (Å²) < 4.78 is 11.0. The average molecular weight is 333 g/mol. The van der Waals surface area contributed by atoms with Crippen LogP contribution < -0.4 is 10.2 Å². The van der Waals surface area contributed by atoms with E-state index in [9.17, 15) is 14.9 Å². The molecule has 1 amide bonds. The average Bonchev–Trinajstić information content (AvgIpc) is 3.22. The second-order valence-corrected chi connectivity index (χ2v) is 4.57. The molecule has 0 saturated heterocycles. The van der Waals surface area contributed by atoms with Crippen molar-refractivity contribution < 1.29 is 18.9 Å². The van der Waals surface area contributed by atoms with Gasteiger partial charge in [-0.15, -0.1) is 5.10 Å². The smallest absolute Gasteiger partial charge is 0.350 e. The van der Waals surface area contributed by atoms with Crippen LogP contribution in [0, 0.1) is 10.1 Å². The Labute approximate surface area is 136 Å². The molecule has 126 valence electrons. The predicted molar refractivity (Wildman–Crippen MR) is 84.5 cm³/mol. The van der Waals surface area contributed by atoms with Gasteiger partial charge in [0.2, 0.25) is 0 Å². The highest BCUT2D eigenvalue weighted by Gasteiger charge is 2.24. The first-order valence-electron chi connectivity index (χ1n) is 6.83. The minimum atomic E-state index is -0.807. The largest absolute Gasteiger partial charge is 0.475 e. The summed E-state index contributed by atoms with van der Waals surface area (Å²) in [5, 5.41) is 18.5. The van der Waals surface area contributed by atoms with Crippen molar-refractivity contribution in [2.45, 2.75) is 13.0 Å². The van der Waals surface area contributed by atoms with Gasteiger partial charge in [0.25, 0.3) is 5.91 Å². The van der Waals surface area contributed by atoms with Gasteiger partial charge in [-0.25, -0.2) is 10.1 Å². The number of carbonyl (C=O) groups excluding carboxylic acids is 1. The molecule has 24 heavy (non-hydrogen) atoms. The summed E-state index contributed by atoms with van der Waals surface area (Å²) in [6, 6.07) is 2.71. The fourth-order valence-electron chi connectivity index (χ4n) is 1.72. The molecule has 0 bridgehead atoms. The Morgan fingerprint density at radius 2 is 2.42 bits per heavy atom. The SMILES string of the molecule is COc1nn([C@@H](C)C(=O)NN=C/C=C/c2ccco2)cc1[N+](=O)[O-]. The topological polar surface area (TPSA) is 125 Å². The van der Waals surface area contributed by atoms with Crippen molar-refractivity contribution in [3.63, 3.8) is 0 Å². The molecular formula is C14H15N5O5. The molecule has 10 nitrogen and oxygen atoms in total. The lowest BCUT2D eigenvalue weighted by atomic mass is 10.3. The molecule has 2 rings (SSSR count). The van der Waals surface area contributed by atoms with Gasteiger partial charge in [0.1, 0.15) is 18.0 Å². The molecule has 0 spiro atoms. The van der Waals surface area contributed by atoms with E-state index in [0.29, 0.717) is 5.76 Å². The lowest BCUT2D eigenvalue weighted by Crippen LogP contribution is -2.27. The van der Waals surface area contributed by atoms with Gasteiger partial charge in [0.05, 0.1) is 18.3 Å². The summed E-state index contributed by atoms with van der Waals surface area (Å²) >= 11 is 0. The second-order valence-electron chi connectivity index (χ2n) is 4.57. The number of hydrogen-bond acceptors (Lipinski definition) is 7. The number of aromatic nitrogens is 2. The van der Waals surface area contributed by atoms with E-state index >= 15 is 0 Å². The van der Waals surface area contributed by atoms with Crippen LogP contribution in [0.5, 0.6) is 5.88 Å². The Hall–Kier alpha value is -3.43. The number of methoxy groups -OCH3 is 1. The number of rotatable bonds is 7. The Morgan fingerprint density at radius 1 is 1.62 bits per heavy atom. The number of nitrogens with one attached hydrogen (secondary N) is 1. The van der Waals surface area contributed by atoms with Crippen molar-refractivity contribution in [2.24, 2.45) is 5.10 Å². The zero-order chi connectivity index (χ0) is 17.5. The van der Waals surface area contributed by atoms with E-state index in [-0.39, 0.29) is 11.6 Å². The van der Waals surface area contributed by atoms with Crippen molar-refractivity contribution in [1.29, 1.82) is 0 Å². The van der Waals surface area contributed by atoms with E-state index < -0.39 is 16.9 Å². The molecule has 0 saturated carbocycles.